The highest BCUT2D eigenvalue weighted by atomic mass is 32.1. The number of aromatic nitrogens is 1. The van der Waals surface area contributed by atoms with Crippen molar-refractivity contribution in [3.8, 4) is 0 Å². The Balaban J connectivity index is 2.09. The van der Waals surface area contributed by atoms with Crippen molar-refractivity contribution in [2.75, 3.05) is 0 Å². The zero-order chi connectivity index (χ0) is 15.1. The Morgan fingerprint density at radius 1 is 1.19 bits per heavy atom. The van der Waals surface area contributed by atoms with Gasteiger partial charge in [-0.25, -0.2) is 4.98 Å². The zero-order valence-electron chi connectivity index (χ0n) is 13.1. The number of nitrogens with zero attached hydrogens (tertiary/aromatic N) is 1. The molecule has 2 N–H and O–H groups in total. The second-order valence-electron chi connectivity index (χ2n) is 7.05. The summed E-state index contributed by atoms with van der Waals surface area (Å²) in [6.45, 7) is 7.26. The molecule has 0 spiro atoms. The van der Waals surface area contributed by atoms with Gasteiger partial charge in [-0.1, -0.05) is 57.5 Å². The van der Waals surface area contributed by atoms with Gasteiger partial charge in [0, 0.05) is 22.3 Å². The summed E-state index contributed by atoms with van der Waals surface area (Å²) in [7, 11) is 0. The molecule has 1 aromatic carbocycles. The smallest absolute Gasteiger partial charge is 0.104 e. The predicted octanol–water partition coefficient (Wildman–Crippen LogP) is 4.37. The van der Waals surface area contributed by atoms with Crippen molar-refractivity contribution in [1.29, 1.82) is 0 Å². The van der Waals surface area contributed by atoms with E-state index < -0.39 is 0 Å². The van der Waals surface area contributed by atoms with Crippen LogP contribution in [-0.4, -0.2) is 4.98 Å². The molecule has 0 saturated heterocycles. The molecule has 1 aromatic heterocycles. The van der Waals surface area contributed by atoms with E-state index in [0.29, 0.717) is 6.54 Å². The monoisotopic (exact) mass is 300 g/mol. The maximum Gasteiger partial charge on any atom is 0.104 e. The van der Waals surface area contributed by atoms with Crippen molar-refractivity contribution in [2.45, 2.75) is 57.4 Å². The van der Waals surface area contributed by atoms with E-state index in [9.17, 15) is 0 Å². The van der Waals surface area contributed by atoms with E-state index in [1.807, 2.05) is 11.3 Å². The molecule has 0 bridgehead atoms. The summed E-state index contributed by atoms with van der Waals surface area (Å²) in [6, 6.07) is 10.9. The highest BCUT2D eigenvalue weighted by Gasteiger charge is 2.43. The van der Waals surface area contributed by atoms with Crippen LogP contribution >= 0.6 is 11.3 Å². The number of benzene rings is 1. The minimum Gasteiger partial charge on any atom is -0.326 e. The lowest BCUT2D eigenvalue weighted by atomic mass is 9.65. The second kappa shape index (κ2) is 5.22. The van der Waals surface area contributed by atoms with Gasteiger partial charge < -0.3 is 5.73 Å². The Bertz CT molecular complexity index is 618. The van der Waals surface area contributed by atoms with Crippen molar-refractivity contribution in [1.82, 2.24) is 4.98 Å². The molecule has 3 heteroatoms. The first-order chi connectivity index (χ1) is 9.97. The summed E-state index contributed by atoms with van der Waals surface area (Å²) in [5.74, 6) is 0. The largest absolute Gasteiger partial charge is 0.326 e. The molecular weight excluding hydrogens is 276 g/mol. The van der Waals surface area contributed by atoms with Gasteiger partial charge in [0.25, 0.3) is 0 Å². The summed E-state index contributed by atoms with van der Waals surface area (Å²) >= 11 is 1.83. The predicted molar refractivity (Wildman–Crippen MR) is 89.8 cm³/mol. The first-order valence-corrected chi connectivity index (χ1v) is 8.55. The van der Waals surface area contributed by atoms with Crippen LogP contribution in [0.1, 0.15) is 61.2 Å². The fraction of sp³-hybridized carbons (Fsp3) is 0.500. The second-order valence-corrected chi connectivity index (χ2v) is 8.13. The third-order valence-corrected chi connectivity index (χ3v) is 5.82. The van der Waals surface area contributed by atoms with Crippen LogP contribution in [0.15, 0.2) is 30.3 Å². The highest BCUT2D eigenvalue weighted by Crippen LogP contribution is 2.51. The Labute approximate surface area is 131 Å². The maximum absolute atomic E-state index is 5.97. The zero-order valence-corrected chi connectivity index (χ0v) is 14.0. The molecule has 0 unspecified atom stereocenters. The standard InChI is InChI=1S/C18H24N2S/c1-17(2,3)15-14(12-19)21-16(20-15)18(10-7-11-18)13-8-5-4-6-9-13/h4-6,8-9H,7,10-12,19H2,1-3H3. The number of hydrogen-bond donors (Lipinski definition) is 1. The summed E-state index contributed by atoms with van der Waals surface area (Å²) in [5.41, 5.74) is 8.77. The Morgan fingerprint density at radius 2 is 1.86 bits per heavy atom. The molecule has 112 valence electrons. The molecule has 2 nitrogen and oxygen atoms in total. The van der Waals surface area contributed by atoms with E-state index in [-0.39, 0.29) is 10.8 Å². The number of thiazole rings is 1. The van der Waals surface area contributed by atoms with E-state index in [0.717, 1.165) is 0 Å². The van der Waals surface area contributed by atoms with Crippen LogP contribution in [0, 0.1) is 0 Å². The van der Waals surface area contributed by atoms with Crippen molar-refractivity contribution in [3.05, 3.63) is 51.5 Å². The van der Waals surface area contributed by atoms with Gasteiger partial charge in [-0.3, -0.25) is 0 Å². The quantitative estimate of drug-likeness (QED) is 0.914. The van der Waals surface area contributed by atoms with Crippen LogP contribution in [0.3, 0.4) is 0 Å². The summed E-state index contributed by atoms with van der Waals surface area (Å²) in [4.78, 5) is 6.31. The van der Waals surface area contributed by atoms with Crippen LogP contribution in [0.2, 0.25) is 0 Å². The highest BCUT2D eigenvalue weighted by molar-refractivity contribution is 7.12. The van der Waals surface area contributed by atoms with Gasteiger partial charge in [-0.15, -0.1) is 11.3 Å². The van der Waals surface area contributed by atoms with Crippen LogP contribution in [-0.2, 0) is 17.4 Å². The van der Waals surface area contributed by atoms with Crippen molar-refractivity contribution in [3.63, 3.8) is 0 Å². The lowest BCUT2D eigenvalue weighted by Gasteiger charge is -2.40. The molecule has 1 heterocycles. The van der Waals surface area contributed by atoms with Crippen LogP contribution < -0.4 is 5.73 Å². The minimum absolute atomic E-state index is 0.0606. The van der Waals surface area contributed by atoms with E-state index in [2.05, 4.69) is 51.1 Å². The Hall–Kier alpha value is -1.19. The van der Waals surface area contributed by atoms with Crippen molar-refractivity contribution >= 4 is 11.3 Å². The van der Waals surface area contributed by atoms with E-state index in [1.54, 1.807) is 0 Å². The first kappa shape index (κ1) is 14.7. The average molecular weight is 300 g/mol. The van der Waals surface area contributed by atoms with Crippen LogP contribution in [0.5, 0.6) is 0 Å². The molecule has 1 saturated carbocycles. The molecule has 0 atom stereocenters. The lowest BCUT2D eigenvalue weighted by molar-refractivity contribution is 0.299. The molecule has 2 aromatic rings. The van der Waals surface area contributed by atoms with Gasteiger partial charge in [0.05, 0.1) is 5.69 Å². The molecule has 0 amide bonds. The normalized spacial score (nSPS) is 17.5. The first-order valence-electron chi connectivity index (χ1n) is 7.74. The van der Waals surface area contributed by atoms with Gasteiger partial charge in [0.2, 0.25) is 0 Å². The van der Waals surface area contributed by atoms with Crippen LogP contribution in [0.4, 0.5) is 0 Å². The van der Waals surface area contributed by atoms with Gasteiger partial charge >= 0.3 is 0 Å². The third-order valence-electron chi connectivity index (χ3n) is 4.54. The molecule has 21 heavy (non-hydrogen) atoms. The summed E-state index contributed by atoms with van der Waals surface area (Å²) in [5, 5.41) is 1.27. The van der Waals surface area contributed by atoms with Crippen molar-refractivity contribution < 1.29 is 0 Å². The molecule has 3 rings (SSSR count). The van der Waals surface area contributed by atoms with Crippen molar-refractivity contribution in [2.24, 2.45) is 5.73 Å². The summed E-state index contributed by atoms with van der Waals surface area (Å²) in [6.07, 6.45) is 3.70. The average Bonchev–Trinajstić information content (AvgIpc) is 2.83. The number of rotatable bonds is 3. The summed E-state index contributed by atoms with van der Waals surface area (Å²) < 4.78 is 0. The SMILES string of the molecule is CC(C)(C)c1nc(C2(c3ccccc3)CCC2)sc1CN. The maximum atomic E-state index is 5.97. The number of hydrogen-bond acceptors (Lipinski definition) is 3. The van der Waals surface area contributed by atoms with E-state index in [1.165, 1.54) is 40.4 Å². The topological polar surface area (TPSA) is 38.9 Å². The molecule has 1 fully saturated rings. The Morgan fingerprint density at radius 3 is 2.29 bits per heavy atom. The molecule has 0 aliphatic heterocycles. The van der Waals surface area contributed by atoms with E-state index >= 15 is 0 Å². The van der Waals surface area contributed by atoms with Gasteiger partial charge in [0.15, 0.2) is 0 Å². The van der Waals surface area contributed by atoms with Gasteiger partial charge in [-0.2, -0.15) is 0 Å². The number of nitrogens with two attached hydrogens (primary N) is 1. The fourth-order valence-electron chi connectivity index (χ4n) is 3.19. The third kappa shape index (κ3) is 2.43. The fourth-order valence-corrected chi connectivity index (χ4v) is 4.61. The van der Waals surface area contributed by atoms with Crippen LogP contribution in [0.25, 0.3) is 0 Å². The lowest BCUT2D eigenvalue weighted by Crippen LogP contribution is -2.35. The van der Waals surface area contributed by atoms with Gasteiger partial charge in [0.1, 0.15) is 5.01 Å². The van der Waals surface area contributed by atoms with E-state index in [4.69, 9.17) is 10.7 Å². The molecule has 0 radical (unpaired) electrons. The molecule has 1 aliphatic carbocycles. The minimum atomic E-state index is 0.0606. The Kier molecular flexibility index (Phi) is 3.66. The van der Waals surface area contributed by atoms with Gasteiger partial charge in [-0.05, 0) is 18.4 Å². The molecule has 1 aliphatic rings. The molecular formula is C18H24N2S.